The van der Waals surface area contributed by atoms with Crippen LogP contribution in [0, 0.1) is 10.1 Å². The highest BCUT2D eigenvalue weighted by Gasteiger charge is 2.15. The predicted molar refractivity (Wildman–Crippen MR) is 123 cm³/mol. The molecule has 0 amide bonds. The van der Waals surface area contributed by atoms with Crippen molar-refractivity contribution < 1.29 is 19.2 Å². The lowest BCUT2D eigenvalue weighted by Gasteiger charge is -2.02. The van der Waals surface area contributed by atoms with Gasteiger partial charge in [-0.3, -0.25) is 14.9 Å². The van der Waals surface area contributed by atoms with Crippen LogP contribution in [0.3, 0.4) is 0 Å². The van der Waals surface area contributed by atoms with Crippen molar-refractivity contribution in [1.82, 2.24) is 4.98 Å². The number of para-hydroxylation sites is 1. The van der Waals surface area contributed by atoms with E-state index in [1.54, 1.807) is 18.2 Å². The van der Waals surface area contributed by atoms with Crippen molar-refractivity contribution >= 4 is 67.6 Å². The van der Waals surface area contributed by atoms with E-state index < -0.39 is 10.9 Å². The third kappa shape index (κ3) is 4.79. The standard InChI is InChI=1S/C21H13ClN2O5S2/c22-15-9-12(24(27)28)5-7-14(15)17-8-6-13(29-17)10-19(30-11-20(25)26)21-23-16-3-1-2-4-18(16)31-21/h1-10H,11H2,(H,25,26)/b19-10-. The highest BCUT2D eigenvalue weighted by Crippen LogP contribution is 2.37. The molecule has 2 aromatic heterocycles. The van der Waals surface area contributed by atoms with E-state index in [1.165, 1.54) is 29.5 Å². The van der Waals surface area contributed by atoms with Crippen molar-refractivity contribution in [3.63, 3.8) is 0 Å². The van der Waals surface area contributed by atoms with Crippen molar-refractivity contribution in [1.29, 1.82) is 0 Å². The zero-order valence-corrected chi connectivity index (χ0v) is 18.0. The molecule has 0 aliphatic heterocycles. The van der Waals surface area contributed by atoms with E-state index in [2.05, 4.69) is 4.98 Å². The van der Waals surface area contributed by atoms with Crippen molar-refractivity contribution in [2.45, 2.75) is 0 Å². The zero-order chi connectivity index (χ0) is 22.0. The van der Waals surface area contributed by atoms with Crippen LogP contribution in [-0.2, 0) is 4.79 Å². The summed E-state index contributed by atoms with van der Waals surface area (Å²) in [7, 11) is 0. The number of benzene rings is 2. The zero-order valence-electron chi connectivity index (χ0n) is 15.6. The lowest BCUT2D eigenvalue weighted by molar-refractivity contribution is -0.384. The lowest BCUT2D eigenvalue weighted by Crippen LogP contribution is -1.97. The molecular formula is C21H13ClN2O5S2. The lowest BCUT2D eigenvalue weighted by atomic mass is 10.1. The van der Waals surface area contributed by atoms with Crippen LogP contribution in [0.1, 0.15) is 10.8 Å². The highest BCUT2D eigenvalue weighted by atomic mass is 35.5. The topological polar surface area (TPSA) is 106 Å². The Balaban J connectivity index is 1.69. The first kappa shape index (κ1) is 21.1. The average Bonchev–Trinajstić information content (AvgIpc) is 3.37. The summed E-state index contributed by atoms with van der Waals surface area (Å²) in [6.07, 6.45) is 1.73. The summed E-state index contributed by atoms with van der Waals surface area (Å²) in [5, 5.41) is 20.9. The van der Waals surface area contributed by atoms with Gasteiger partial charge in [-0.15, -0.1) is 23.1 Å². The fourth-order valence-electron chi connectivity index (χ4n) is 2.80. The quantitative estimate of drug-likeness (QED) is 0.244. The molecule has 2 heterocycles. The third-order valence-electron chi connectivity index (χ3n) is 4.18. The SMILES string of the molecule is O=C(O)CS/C(=C\c1ccc(-c2ccc([N+](=O)[O-])cc2Cl)o1)c1nc2ccccc2s1. The van der Waals surface area contributed by atoms with Crippen LogP contribution in [-0.4, -0.2) is 26.7 Å². The number of hydrogen-bond donors (Lipinski definition) is 1. The largest absolute Gasteiger partial charge is 0.481 e. The second-order valence-corrected chi connectivity index (χ2v) is 8.76. The van der Waals surface area contributed by atoms with Crippen molar-refractivity contribution in [2.24, 2.45) is 0 Å². The van der Waals surface area contributed by atoms with Gasteiger partial charge in [-0.05, 0) is 36.4 Å². The first-order valence-electron chi connectivity index (χ1n) is 8.87. The van der Waals surface area contributed by atoms with Crippen LogP contribution in [0.5, 0.6) is 0 Å². The number of nitrogens with zero attached hydrogens (tertiary/aromatic N) is 2. The Kier molecular flexibility index (Phi) is 6.08. The second-order valence-electron chi connectivity index (χ2n) is 6.30. The minimum absolute atomic E-state index is 0.108. The number of fused-ring (bicyclic) bond motifs is 1. The van der Waals surface area contributed by atoms with E-state index in [4.69, 9.17) is 21.1 Å². The minimum atomic E-state index is -0.935. The molecule has 0 saturated heterocycles. The number of carbonyl (C=O) groups is 1. The van der Waals surface area contributed by atoms with Gasteiger partial charge in [0.15, 0.2) is 0 Å². The Bertz CT molecular complexity index is 1300. The normalized spacial score (nSPS) is 11.7. The molecule has 0 fully saturated rings. The summed E-state index contributed by atoms with van der Waals surface area (Å²) in [5.41, 5.74) is 1.25. The van der Waals surface area contributed by atoms with Crippen molar-refractivity contribution in [3.05, 3.63) is 80.5 Å². The van der Waals surface area contributed by atoms with Gasteiger partial charge in [-0.1, -0.05) is 23.7 Å². The Morgan fingerprint density at radius 2 is 2.06 bits per heavy atom. The van der Waals surface area contributed by atoms with E-state index >= 15 is 0 Å². The van der Waals surface area contributed by atoms with Gasteiger partial charge in [0, 0.05) is 22.6 Å². The van der Waals surface area contributed by atoms with Crippen LogP contribution >= 0.6 is 34.7 Å². The Hall–Kier alpha value is -3.14. The van der Waals surface area contributed by atoms with E-state index in [-0.39, 0.29) is 16.5 Å². The number of carboxylic acid groups (broad SMARTS) is 1. The van der Waals surface area contributed by atoms with Gasteiger partial charge in [-0.25, -0.2) is 4.98 Å². The molecule has 4 aromatic rings. The average molecular weight is 473 g/mol. The van der Waals surface area contributed by atoms with Crippen LogP contribution in [0.15, 0.2) is 59.0 Å². The van der Waals surface area contributed by atoms with Crippen molar-refractivity contribution in [3.8, 4) is 11.3 Å². The molecule has 0 atom stereocenters. The minimum Gasteiger partial charge on any atom is -0.481 e. The van der Waals surface area contributed by atoms with E-state index in [0.717, 1.165) is 22.0 Å². The second kappa shape index (κ2) is 8.93. The van der Waals surface area contributed by atoms with Crippen LogP contribution in [0.2, 0.25) is 5.02 Å². The molecular weight excluding hydrogens is 460 g/mol. The fourth-order valence-corrected chi connectivity index (χ4v) is 4.90. The summed E-state index contributed by atoms with van der Waals surface area (Å²) >= 11 is 8.81. The van der Waals surface area contributed by atoms with Crippen molar-refractivity contribution in [2.75, 3.05) is 5.75 Å². The number of thioether (sulfide) groups is 1. The highest BCUT2D eigenvalue weighted by molar-refractivity contribution is 8.09. The third-order valence-corrected chi connectivity index (χ3v) is 6.71. The number of aliphatic carboxylic acids is 1. The maximum absolute atomic E-state index is 11.1. The van der Waals surface area contributed by atoms with Crippen LogP contribution in [0.25, 0.3) is 32.5 Å². The number of carboxylic acids is 1. The number of thiazole rings is 1. The maximum atomic E-state index is 11.1. The molecule has 0 unspecified atom stereocenters. The molecule has 0 aliphatic rings. The number of non-ortho nitro benzene ring substituents is 1. The number of rotatable bonds is 7. The first-order chi connectivity index (χ1) is 14.9. The summed E-state index contributed by atoms with van der Waals surface area (Å²) in [6.45, 7) is 0. The maximum Gasteiger partial charge on any atom is 0.313 e. The molecule has 156 valence electrons. The Morgan fingerprint density at radius 3 is 2.77 bits per heavy atom. The molecule has 0 saturated carbocycles. The number of nitro benzene ring substituents is 1. The van der Waals surface area contributed by atoms with E-state index in [1.807, 2.05) is 24.3 Å². The summed E-state index contributed by atoms with van der Waals surface area (Å²) < 4.78 is 6.87. The first-order valence-corrected chi connectivity index (χ1v) is 11.0. The van der Waals surface area contributed by atoms with Gasteiger partial charge in [-0.2, -0.15) is 0 Å². The number of hydrogen-bond acceptors (Lipinski definition) is 7. The summed E-state index contributed by atoms with van der Waals surface area (Å²) in [6, 6.07) is 15.3. The summed E-state index contributed by atoms with van der Waals surface area (Å²) in [5.74, 6) is -0.131. The molecule has 1 N–H and O–H groups in total. The van der Waals surface area contributed by atoms with Crippen LogP contribution in [0.4, 0.5) is 5.69 Å². The summed E-state index contributed by atoms with van der Waals surface area (Å²) in [4.78, 5) is 26.8. The molecule has 0 radical (unpaired) electrons. The number of furan rings is 1. The number of aromatic nitrogens is 1. The van der Waals surface area contributed by atoms with E-state index in [0.29, 0.717) is 27.0 Å². The molecule has 0 spiro atoms. The van der Waals surface area contributed by atoms with Gasteiger partial charge in [0.05, 0.1) is 25.9 Å². The van der Waals surface area contributed by atoms with Gasteiger partial charge in [0.2, 0.25) is 0 Å². The molecule has 0 bridgehead atoms. The number of nitro groups is 1. The predicted octanol–water partition coefficient (Wildman–Crippen LogP) is 6.43. The molecule has 0 aliphatic carbocycles. The molecule has 31 heavy (non-hydrogen) atoms. The Labute approximate surface area is 189 Å². The van der Waals surface area contributed by atoms with Crippen LogP contribution < -0.4 is 0 Å². The fraction of sp³-hybridized carbons (Fsp3) is 0.0476. The molecule has 2 aromatic carbocycles. The molecule has 7 nitrogen and oxygen atoms in total. The monoisotopic (exact) mass is 472 g/mol. The molecule has 10 heteroatoms. The Morgan fingerprint density at radius 1 is 1.26 bits per heavy atom. The van der Waals surface area contributed by atoms with Gasteiger partial charge < -0.3 is 9.52 Å². The number of halogens is 1. The smallest absolute Gasteiger partial charge is 0.313 e. The van der Waals surface area contributed by atoms with Gasteiger partial charge in [0.1, 0.15) is 16.5 Å². The van der Waals surface area contributed by atoms with E-state index in [9.17, 15) is 14.9 Å². The van der Waals surface area contributed by atoms with Gasteiger partial charge >= 0.3 is 5.97 Å². The molecule has 4 rings (SSSR count). The van der Waals surface area contributed by atoms with Gasteiger partial charge in [0.25, 0.3) is 5.69 Å².